The molecule has 7 heteroatoms. The monoisotopic (exact) mass is 372 g/mol. The first-order chi connectivity index (χ1) is 7.95. The van der Waals surface area contributed by atoms with Crippen LogP contribution in [0.25, 0.3) is 0 Å². The first-order valence-electron chi connectivity index (χ1n) is 4.45. The highest BCUT2D eigenvalue weighted by Crippen LogP contribution is 2.25. The van der Waals surface area contributed by atoms with E-state index >= 15 is 0 Å². The van der Waals surface area contributed by atoms with Crippen molar-refractivity contribution in [2.75, 3.05) is 13.7 Å². The quantitative estimate of drug-likeness (QED) is 0.462. The molecule has 1 aromatic rings. The summed E-state index contributed by atoms with van der Waals surface area (Å²) in [5.41, 5.74) is 0. The molecule has 0 radical (unpaired) electrons. The summed E-state index contributed by atoms with van der Waals surface area (Å²) in [7, 11) is 1.22. The number of carbonyl (C=O) groups is 1. The summed E-state index contributed by atoms with van der Waals surface area (Å²) >= 11 is 6.00. The first kappa shape index (κ1) is 14.4. The molecule has 94 valence electrons. The number of carbonyl (C=O) groups excluding carboxylic acids is 1. The molecule has 0 heterocycles. The molecule has 3 nitrogen and oxygen atoms in total. The maximum Gasteiger partial charge on any atom is 0.322 e. The van der Waals surface area contributed by atoms with E-state index in [0.29, 0.717) is 4.47 Å². The molecule has 0 saturated carbocycles. The highest BCUT2D eigenvalue weighted by molar-refractivity contribution is 9.10. The van der Waals surface area contributed by atoms with Crippen molar-refractivity contribution in [3.63, 3.8) is 0 Å². The Bertz CT molecular complexity index is 426. The molecule has 0 spiro atoms. The van der Waals surface area contributed by atoms with Crippen molar-refractivity contribution >= 4 is 37.8 Å². The molecule has 0 fully saturated rings. The van der Waals surface area contributed by atoms with E-state index in [1.807, 2.05) is 0 Å². The maximum absolute atomic E-state index is 13.3. The molecular formula is C10H8Br2F2O3. The Labute approximate surface area is 113 Å². The molecular weight excluding hydrogens is 366 g/mol. The fourth-order valence-electron chi connectivity index (χ4n) is 0.996. The predicted molar refractivity (Wildman–Crippen MR) is 64.3 cm³/mol. The van der Waals surface area contributed by atoms with E-state index in [0.717, 1.165) is 6.07 Å². The lowest BCUT2D eigenvalue weighted by Gasteiger charge is -2.11. The lowest BCUT2D eigenvalue weighted by atomic mass is 10.3. The van der Waals surface area contributed by atoms with E-state index in [9.17, 15) is 13.6 Å². The summed E-state index contributed by atoms with van der Waals surface area (Å²) in [5, 5.41) is 0. The molecule has 1 rings (SSSR count). The van der Waals surface area contributed by atoms with Crippen molar-refractivity contribution in [1.29, 1.82) is 0 Å². The van der Waals surface area contributed by atoms with Crippen LogP contribution in [0.4, 0.5) is 8.78 Å². The molecule has 0 aliphatic carbocycles. The second kappa shape index (κ2) is 6.30. The molecule has 1 aromatic carbocycles. The van der Waals surface area contributed by atoms with Gasteiger partial charge in [0.2, 0.25) is 5.82 Å². The number of hydrogen-bond acceptors (Lipinski definition) is 3. The lowest BCUT2D eigenvalue weighted by Crippen LogP contribution is -2.23. The van der Waals surface area contributed by atoms with Gasteiger partial charge in [-0.1, -0.05) is 31.9 Å². The summed E-state index contributed by atoms with van der Waals surface area (Å²) in [4.78, 5) is 10.3. The van der Waals surface area contributed by atoms with E-state index in [-0.39, 0.29) is 12.4 Å². The number of ether oxygens (including phenoxy) is 2. The predicted octanol–water partition coefficient (Wildman–Crippen LogP) is 3.04. The van der Waals surface area contributed by atoms with E-state index < -0.39 is 22.4 Å². The van der Waals surface area contributed by atoms with Crippen LogP contribution in [0, 0.1) is 11.6 Å². The fourth-order valence-corrected chi connectivity index (χ4v) is 1.72. The number of alkyl halides is 1. The minimum Gasteiger partial charge on any atom is -0.489 e. The number of benzene rings is 1. The second-order valence-electron chi connectivity index (χ2n) is 3.00. The summed E-state index contributed by atoms with van der Waals surface area (Å²) < 4.78 is 36.0. The van der Waals surface area contributed by atoms with Crippen molar-refractivity contribution in [2.45, 2.75) is 4.83 Å². The van der Waals surface area contributed by atoms with Gasteiger partial charge in [0.05, 0.1) is 7.11 Å². The highest BCUT2D eigenvalue weighted by atomic mass is 79.9. The number of esters is 1. The lowest BCUT2D eigenvalue weighted by molar-refractivity contribution is -0.140. The fraction of sp³-hybridized carbons (Fsp3) is 0.300. The van der Waals surface area contributed by atoms with Gasteiger partial charge >= 0.3 is 5.97 Å². The topological polar surface area (TPSA) is 35.5 Å². The van der Waals surface area contributed by atoms with Crippen LogP contribution < -0.4 is 4.74 Å². The highest BCUT2D eigenvalue weighted by Gasteiger charge is 2.18. The zero-order chi connectivity index (χ0) is 13.0. The van der Waals surface area contributed by atoms with E-state index in [1.165, 1.54) is 13.2 Å². The van der Waals surface area contributed by atoms with E-state index in [1.54, 1.807) is 0 Å². The third-order valence-corrected chi connectivity index (χ3v) is 2.90. The molecule has 0 aliphatic heterocycles. The Hall–Kier alpha value is -0.690. The Morgan fingerprint density at radius 2 is 2.12 bits per heavy atom. The molecule has 0 bridgehead atoms. The molecule has 0 saturated heterocycles. The molecule has 17 heavy (non-hydrogen) atoms. The van der Waals surface area contributed by atoms with Crippen molar-refractivity contribution in [1.82, 2.24) is 0 Å². The van der Waals surface area contributed by atoms with Gasteiger partial charge in [-0.25, -0.2) is 4.39 Å². The van der Waals surface area contributed by atoms with Gasteiger partial charge in [0, 0.05) is 4.47 Å². The Morgan fingerprint density at radius 1 is 1.47 bits per heavy atom. The summed E-state index contributed by atoms with van der Waals surface area (Å²) in [6.07, 6.45) is 0. The average Bonchev–Trinajstić information content (AvgIpc) is 2.30. The van der Waals surface area contributed by atoms with E-state index in [4.69, 9.17) is 4.74 Å². The van der Waals surface area contributed by atoms with Crippen LogP contribution in [-0.4, -0.2) is 24.5 Å². The molecule has 0 amide bonds. The maximum atomic E-state index is 13.3. The van der Waals surface area contributed by atoms with Crippen molar-refractivity contribution < 1.29 is 23.0 Å². The van der Waals surface area contributed by atoms with Crippen molar-refractivity contribution in [3.05, 3.63) is 28.2 Å². The molecule has 0 aromatic heterocycles. The number of halogens is 4. The van der Waals surface area contributed by atoms with Gasteiger partial charge < -0.3 is 9.47 Å². The third kappa shape index (κ3) is 3.92. The van der Waals surface area contributed by atoms with Crippen LogP contribution in [0.1, 0.15) is 0 Å². The first-order valence-corrected chi connectivity index (χ1v) is 6.15. The largest absolute Gasteiger partial charge is 0.489 e. The minimum atomic E-state index is -1.10. The molecule has 1 unspecified atom stereocenters. The summed E-state index contributed by atoms with van der Waals surface area (Å²) in [6, 6.07) is 2.25. The third-order valence-electron chi connectivity index (χ3n) is 1.80. The van der Waals surface area contributed by atoms with Crippen LogP contribution in [-0.2, 0) is 9.53 Å². The number of hydrogen-bond donors (Lipinski definition) is 0. The van der Waals surface area contributed by atoms with Crippen LogP contribution >= 0.6 is 31.9 Å². The average molecular weight is 374 g/mol. The van der Waals surface area contributed by atoms with Gasteiger partial charge in [-0.05, 0) is 12.1 Å². The zero-order valence-corrected chi connectivity index (χ0v) is 11.8. The smallest absolute Gasteiger partial charge is 0.322 e. The Kier molecular flexibility index (Phi) is 5.32. The summed E-state index contributed by atoms with van der Waals surface area (Å²) in [5.74, 6) is -2.96. The van der Waals surface area contributed by atoms with Gasteiger partial charge in [0.25, 0.3) is 0 Å². The van der Waals surface area contributed by atoms with Gasteiger partial charge in [-0.2, -0.15) is 4.39 Å². The standard InChI is InChI=1S/C10H8Br2F2O3/c1-16-10(15)6(12)4-17-8-3-5(11)2-7(13)9(8)14/h2-3,6H,4H2,1H3. The Balaban J connectivity index is 2.73. The van der Waals surface area contributed by atoms with E-state index in [2.05, 4.69) is 36.6 Å². The van der Waals surface area contributed by atoms with Gasteiger partial charge in [0.1, 0.15) is 11.4 Å². The normalized spacial score (nSPS) is 12.1. The van der Waals surface area contributed by atoms with Gasteiger partial charge in [-0.15, -0.1) is 0 Å². The van der Waals surface area contributed by atoms with Gasteiger partial charge in [-0.3, -0.25) is 4.79 Å². The number of methoxy groups -OCH3 is 1. The van der Waals surface area contributed by atoms with Crippen molar-refractivity contribution in [3.8, 4) is 5.75 Å². The van der Waals surface area contributed by atoms with Crippen LogP contribution in [0.3, 0.4) is 0 Å². The molecule has 0 N–H and O–H groups in total. The van der Waals surface area contributed by atoms with Crippen LogP contribution in [0.5, 0.6) is 5.75 Å². The van der Waals surface area contributed by atoms with Gasteiger partial charge in [0.15, 0.2) is 11.6 Å². The Morgan fingerprint density at radius 3 is 2.71 bits per heavy atom. The van der Waals surface area contributed by atoms with Crippen LogP contribution in [0.15, 0.2) is 16.6 Å². The molecule has 1 atom stereocenters. The number of rotatable bonds is 4. The second-order valence-corrected chi connectivity index (χ2v) is 5.02. The van der Waals surface area contributed by atoms with Crippen molar-refractivity contribution in [2.24, 2.45) is 0 Å². The molecule has 0 aliphatic rings. The SMILES string of the molecule is COC(=O)C(Br)COc1cc(Br)cc(F)c1F. The minimum absolute atomic E-state index is 0.167. The summed E-state index contributed by atoms with van der Waals surface area (Å²) in [6.45, 7) is -0.167. The zero-order valence-electron chi connectivity index (χ0n) is 8.68. The van der Waals surface area contributed by atoms with Crippen LogP contribution in [0.2, 0.25) is 0 Å².